The van der Waals surface area contributed by atoms with Crippen LogP contribution < -0.4 is 5.73 Å². The molecule has 0 bridgehead atoms. The van der Waals surface area contributed by atoms with Crippen LogP contribution in [0.15, 0.2) is 17.5 Å². The molecule has 0 saturated carbocycles. The second-order valence-electron chi connectivity index (χ2n) is 2.65. The van der Waals surface area contributed by atoms with Crippen LogP contribution in [0.1, 0.15) is 10.4 Å². The number of aldehydes is 1. The van der Waals surface area contributed by atoms with Crippen LogP contribution in [0.5, 0.6) is 0 Å². The molecule has 0 spiro atoms. The standard InChI is InChI=1S/C9H6FNOS/c10-8-7(11)2-1-6-5(3-12)4-13-9(6)8/h1-4H,11H2. The zero-order valence-corrected chi connectivity index (χ0v) is 7.40. The molecule has 0 amide bonds. The molecule has 2 rings (SSSR count). The molecule has 13 heavy (non-hydrogen) atoms. The van der Waals surface area contributed by atoms with Crippen molar-refractivity contribution in [3.8, 4) is 0 Å². The summed E-state index contributed by atoms with van der Waals surface area (Å²) in [4.78, 5) is 10.5. The second kappa shape index (κ2) is 2.81. The van der Waals surface area contributed by atoms with E-state index >= 15 is 0 Å². The Labute approximate surface area is 77.8 Å². The molecule has 0 fully saturated rings. The first-order valence-electron chi connectivity index (χ1n) is 3.64. The first kappa shape index (κ1) is 8.19. The lowest BCUT2D eigenvalue weighted by Crippen LogP contribution is -1.89. The van der Waals surface area contributed by atoms with Crippen LogP contribution in [0.25, 0.3) is 10.1 Å². The van der Waals surface area contributed by atoms with Crippen LogP contribution in [0.4, 0.5) is 10.1 Å². The van der Waals surface area contributed by atoms with Crippen molar-refractivity contribution >= 4 is 33.4 Å². The number of fused-ring (bicyclic) bond motifs is 1. The Balaban J connectivity index is 2.88. The molecule has 2 nitrogen and oxygen atoms in total. The fraction of sp³-hybridized carbons (Fsp3) is 0. The maximum absolute atomic E-state index is 13.3. The maximum atomic E-state index is 13.3. The lowest BCUT2D eigenvalue weighted by Gasteiger charge is -1.96. The highest BCUT2D eigenvalue weighted by atomic mass is 32.1. The van der Waals surface area contributed by atoms with Gasteiger partial charge in [0.2, 0.25) is 0 Å². The van der Waals surface area contributed by atoms with E-state index in [-0.39, 0.29) is 5.69 Å². The van der Waals surface area contributed by atoms with Gasteiger partial charge >= 0.3 is 0 Å². The molecule has 1 heterocycles. The Hall–Kier alpha value is -1.42. The summed E-state index contributed by atoms with van der Waals surface area (Å²) >= 11 is 1.19. The smallest absolute Gasteiger partial charge is 0.163 e. The Kier molecular flexibility index (Phi) is 1.77. The number of carbonyl (C=O) groups is 1. The van der Waals surface area contributed by atoms with Gasteiger partial charge < -0.3 is 5.73 Å². The number of nitrogen functional groups attached to an aromatic ring is 1. The van der Waals surface area contributed by atoms with E-state index in [0.717, 1.165) is 0 Å². The average molecular weight is 195 g/mol. The molecule has 1 aromatic heterocycles. The zero-order valence-electron chi connectivity index (χ0n) is 6.58. The van der Waals surface area contributed by atoms with Gasteiger partial charge in [0.15, 0.2) is 12.1 Å². The Morgan fingerprint density at radius 1 is 1.46 bits per heavy atom. The van der Waals surface area contributed by atoms with Gasteiger partial charge in [-0.1, -0.05) is 6.07 Å². The largest absolute Gasteiger partial charge is 0.396 e. The van der Waals surface area contributed by atoms with Crippen LogP contribution in [-0.2, 0) is 0 Å². The Morgan fingerprint density at radius 2 is 2.23 bits per heavy atom. The normalized spacial score (nSPS) is 10.5. The maximum Gasteiger partial charge on any atom is 0.163 e. The molecule has 1 aromatic carbocycles. The Bertz CT molecular complexity index is 478. The number of nitrogens with two attached hydrogens (primary N) is 1. The first-order valence-corrected chi connectivity index (χ1v) is 4.52. The number of hydrogen-bond acceptors (Lipinski definition) is 3. The third-order valence-electron chi connectivity index (χ3n) is 1.87. The molecule has 0 radical (unpaired) electrons. The van der Waals surface area contributed by atoms with Gasteiger partial charge in [0.05, 0.1) is 10.4 Å². The quantitative estimate of drug-likeness (QED) is 0.561. The molecule has 66 valence electrons. The van der Waals surface area contributed by atoms with Gasteiger partial charge in [-0.25, -0.2) is 4.39 Å². The van der Waals surface area contributed by atoms with Crippen molar-refractivity contribution in [2.75, 3.05) is 5.73 Å². The lowest BCUT2D eigenvalue weighted by molar-refractivity contribution is 0.112. The summed E-state index contributed by atoms with van der Waals surface area (Å²) in [5.41, 5.74) is 6.01. The number of halogens is 1. The van der Waals surface area contributed by atoms with Gasteiger partial charge in [-0.3, -0.25) is 4.79 Å². The van der Waals surface area contributed by atoms with E-state index in [2.05, 4.69) is 0 Å². The summed E-state index contributed by atoms with van der Waals surface area (Å²) in [6, 6.07) is 3.13. The molecule has 0 aliphatic carbocycles. The fourth-order valence-corrected chi connectivity index (χ4v) is 2.15. The number of hydrogen-bond donors (Lipinski definition) is 1. The van der Waals surface area contributed by atoms with Gasteiger partial charge in [0.25, 0.3) is 0 Å². The van der Waals surface area contributed by atoms with Gasteiger partial charge in [-0.05, 0) is 6.07 Å². The first-order chi connectivity index (χ1) is 6.24. The van der Waals surface area contributed by atoms with Gasteiger partial charge in [-0.2, -0.15) is 0 Å². The minimum atomic E-state index is -0.435. The third-order valence-corrected chi connectivity index (χ3v) is 2.88. The van der Waals surface area contributed by atoms with Crippen LogP contribution in [0.2, 0.25) is 0 Å². The minimum Gasteiger partial charge on any atom is -0.396 e. The van der Waals surface area contributed by atoms with Crippen molar-refractivity contribution in [3.05, 3.63) is 28.9 Å². The number of rotatable bonds is 1. The predicted octanol–water partition coefficient (Wildman–Crippen LogP) is 2.44. The minimum absolute atomic E-state index is 0.117. The van der Waals surface area contributed by atoms with Gasteiger partial charge in [0, 0.05) is 16.3 Å². The molecule has 0 atom stereocenters. The summed E-state index contributed by atoms with van der Waals surface area (Å²) < 4.78 is 13.8. The Morgan fingerprint density at radius 3 is 2.92 bits per heavy atom. The van der Waals surface area contributed by atoms with Crippen molar-refractivity contribution in [1.29, 1.82) is 0 Å². The van der Waals surface area contributed by atoms with E-state index in [4.69, 9.17) is 5.73 Å². The molecular formula is C9H6FNOS. The molecule has 2 aromatic rings. The van der Waals surface area contributed by atoms with E-state index in [1.165, 1.54) is 17.4 Å². The molecule has 0 aliphatic rings. The van der Waals surface area contributed by atoms with Crippen molar-refractivity contribution < 1.29 is 9.18 Å². The number of carbonyl (C=O) groups excluding carboxylic acids is 1. The SMILES string of the molecule is Nc1ccc2c(C=O)csc2c1F. The molecule has 0 unspecified atom stereocenters. The van der Waals surface area contributed by atoms with Gasteiger partial charge in [-0.15, -0.1) is 11.3 Å². The van der Waals surface area contributed by atoms with Crippen LogP contribution in [0.3, 0.4) is 0 Å². The summed E-state index contributed by atoms with van der Waals surface area (Å²) in [7, 11) is 0. The molecule has 0 saturated heterocycles. The molecule has 0 aliphatic heterocycles. The van der Waals surface area contributed by atoms with Crippen LogP contribution in [-0.4, -0.2) is 6.29 Å². The average Bonchev–Trinajstić information content (AvgIpc) is 2.55. The van der Waals surface area contributed by atoms with E-state index in [1.54, 1.807) is 11.4 Å². The van der Waals surface area contributed by atoms with E-state index < -0.39 is 5.82 Å². The third kappa shape index (κ3) is 1.10. The molecule has 4 heteroatoms. The summed E-state index contributed by atoms with van der Waals surface area (Å²) in [5.74, 6) is -0.435. The van der Waals surface area contributed by atoms with E-state index in [1.807, 2.05) is 0 Å². The topological polar surface area (TPSA) is 43.1 Å². The van der Waals surface area contributed by atoms with Crippen LogP contribution in [0, 0.1) is 5.82 Å². The highest BCUT2D eigenvalue weighted by Crippen LogP contribution is 2.30. The molecule has 2 N–H and O–H groups in total. The van der Waals surface area contributed by atoms with Crippen molar-refractivity contribution in [2.45, 2.75) is 0 Å². The van der Waals surface area contributed by atoms with E-state index in [0.29, 0.717) is 21.9 Å². The zero-order chi connectivity index (χ0) is 9.42. The highest BCUT2D eigenvalue weighted by Gasteiger charge is 2.09. The van der Waals surface area contributed by atoms with E-state index in [9.17, 15) is 9.18 Å². The fourth-order valence-electron chi connectivity index (χ4n) is 1.19. The summed E-state index contributed by atoms with van der Waals surface area (Å²) in [6.07, 6.45) is 0.717. The highest BCUT2D eigenvalue weighted by molar-refractivity contribution is 7.17. The van der Waals surface area contributed by atoms with Gasteiger partial charge in [0.1, 0.15) is 0 Å². The lowest BCUT2D eigenvalue weighted by atomic mass is 10.2. The molecular weight excluding hydrogens is 189 g/mol. The predicted molar refractivity (Wildman–Crippen MR) is 51.6 cm³/mol. The van der Waals surface area contributed by atoms with Crippen molar-refractivity contribution in [1.82, 2.24) is 0 Å². The monoisotopic (exact) mass is 195 g/mol. The number of benzene rings is 1. The summed E-state index contributed by atoms with van der Waals surface area (Å²) in [5, 5.41) is 2.26. The number of thiophene rings is 1. The van der Waals surface area contributed by atoms with Crippen molar-refractivity contribution in [2.24, 2.45) is 0 Å². The summed E-state index contributed by atoms with van der Waals surface area (Å²) in [6.45, 7) is 0. The second-order valence-corrected chi connectivity index (χ2v) is 3.53. The number of anilines is 1. The van der Waals surface area contributed by atoms with Crippen LogP contribution >= 0.6 is 11.3 Å². The van der Waals surface area contributed by atoms with Crippen molar-refractivity contribution in [3.63, 3.8) is 0 Å².